The summed E-state index contributed by atoms with van der Waals surface area (Å²) < 4.78 is 13.0. The molecule has 3 N–H and O–H groups in total. The highest BCUT2D eigenvalue weighted by Gasteiger charge is 2.14. The topological polar surface area (TPSA) is 55.1 Å². The average molecular weight is 306 g/mol. The fraction of sp³-hybridized carbons (Fsp3) is 0.312. The molecule has 112 valence electrons. The fourth-order valence-electron chi connectivity index (χ4n) is 1.92. The van der Waals surface area contributed by atoms with Gasteiger partial charge >= 0.3 is 0 Å². The molecule has 2 aromatic rings. The molecule has 0 fully saturated rings. The molecule has 1 amide bonds. The third-order valence-electron chi connectivity index (χ3n) is 3.26. The minimum absolute atomic E-state index is 0.0863. The van der Waals surface area contributed by atoms with Gasteiger partial charge in [-0.05, 0) is 48.7 Å². The van der Waals surface area contributed by atoms with Crippen LogP contribution in [0.15, 0.2) is 30.3 Å². The van der Waals surface area contributed by atoms with E-state index in [1.54, 1.807) is 12.1 Å². The van der Waals surface area contributed by atoms with Crippen molar-refractivity contribution in [1.82, 2.24) is 5.32 Å². The maximum absolute atomic E-state index is 13.0. The van der Waals surface area contributed by atoms with Crippen LogP contribution in [0.2, 0.25) is 0 Å². The van der Waals surface area contributed by atoms with Gasteiger partial charge in [0.1, 0.15) is 5.82 Å². The van der Waals surface area contributed by atoms with E-state index in [0.717, 1.165) is 16.0 Å². The zero-order chi connectivity index (χ0) is 15.4. The number of amides is 1. The van der Waals surface area contributed by atoms with Gasteiger partial charge in [-0.25, -0.2) is 4.39 Å². The third-order valence-corrected chi connectivity index (χ3v) is 4.55. The van der Waals surface area contributed by atoms with Gasteiger partial charge in [0.25, 0.3) is 5.91 Å². The predicted molar refractivity (Wildman–Crippen MR) is 85.0 cm³/mol. The van der Waals surface area contributed by atoms with Gasteiger partial charge in [-0.1, -0.05) is 19.1 Å². The van der Waals surface area contributed by atoms with Crippen LogP contribution in [-0.2, 0) is 0 Å². The molecule has 5 heteroatoms. The Kier molecular flexibility index (Phi) is 5.09. The van der Waals surface area contributed by atoms with Crippen LogP contribution in [0.4, 0.5) is 4.39 Å². The molecule has 2 rings (SSSR count). The number of thiophene rings is 1. The Balaban J connectivity index is 2.15. The molecule has 0 aliphatic heterocycles. The number of carbonyl (C=O) groups excluding carboxylic acids is 1. The van der Waals surface area contributed by atoms with Gasteiger partial charge in [0.15, 0.2) is 0 Å². The second-order valence-corrected chi connectivity index (χ2v) is 6.23. The van der Waals surface area contributed by atoms with Gasteiger partial charge in [0.05, 0.1) is 4.88 Å². The molecule has 0 saturated heterocycles. The molecule has 1 atom stereocenters. The molecule has 21 heavy (non-hydrogen) atoms. The first-order valence-electron chi connectivity index (χ1n) is 6.86. The van der Waals surface area contributed by atoms with E-state index >= 15 is 0 Å². The van der Waals surface area contributed by atoms with E-state index in [4.69, 9.17) is 5.73 Å². The number of benzene rings is 1. The van der Waals surface area contributed by atoms with Crippen LogP contribution in [0, 0.1) is 18.7 Å². The summed E-state index contributed by atoms with van der Waals surface area (Å²) in [5.74, 6) is -0.0926. The minimum atomic E-state index is -0.262. The van der Waals surface area contributed by atoms with E-state index in [1.807, 2.05) is 19.9 Å². The summed E-state index contributed by atoms with van der Waals surface area (Å²) in [5, 5.41) is 2.88. The Morgan fingerprint density at radius 1 is 1.38 bits per heavy atom. The smallest absolute Gasteiger partial charge is 0.261 e. The summed E-state index contributed by atoms with van der Waals surface area (Å²) in [6.07, 6.45) is 0. The average Bonchev–Trinajstić information content (AvgIpc) is 2.87. The molecule has 0 aliphatic carbocycles. The van der Waals surface area contributed by atoms with Gasteiger partial charge in [0.2, 0.25) is 0 Å². The van der Waals surface area contributed by atoms with Gasteiger partial charge in [0, 0.05) is 11.4 Å². The lowest BCUT2D eigenvalue weighted by Gasteiger charge is -2.08. The Morgan fingerprint density at radius 3 is 2.67 bits per heavy atom. The molecule has 0 bridgehead atoms. The van der Waals surface area contributed by atoms with Crippen molar-refractivity contribution >= 4 is 17.2 Å². The van der Waals surface area contributed by atoms with Crippen molar-refractivity contribution in [3.63, 3.8) is 0 Å². The van der Waals surface area contributed by atoms with Crippen LogP contribution < -0.4 is 11.1 Å². The lowest BCUT2D eigenvalue weighted by Crippen LogP contribution is -2.30. The number of hydrogen-bond donors (Lipinski definition) is 2. The zero-order valence-electron chi connectivity index (χ0n) is 12.2. The minimum Gasteiger partial charge on any atom is -0.351 e. The Hall–Kier alpha value is -1.72. The molecule has 3 nitrogen and oxygen atoms in total. The predicted octanol–water partition coefficient (Wildman–Crippen LogP) is 3.19. The van der Waals surface area contributed by atoms with Crippen LogP contribution in [0.25, 0.3) is 10.4 Å². The number of hydrogen-bond acceptors (Lipinski definition) is 3. The number of halogens is 1. The van der Waals surface area contributed by atoms with Crippen molar-refractivity contribution in [3.05, 3.63) is 46.6 Å². The van der Waals surface area contributed by atoms with Crippen LogP contribution in [0.3, 0.4) is 0 Å². The molecular weight excluding hydrogens is 287 g/mol. The van der Waals surface area contributed by atoms with Crippen molar-refractivity contribution in [2.45, 2.75) is 13.8 Å². The highest BCUT2D eigenvalue weighted by atomic mass is 32.1. The number of carbonyl (C=O) groups is 1. The number of aryl methyl sites for hydroxylation is 1. The summed E-state index contributed by atoms with van der Waals surface area (Å²) in [7, 11) is 0. The fourth-order valence-corrected chi connectivity index (χ4v) is 3.01. The summed E-state index contributed by atoms with van der Waals surface area (Å²) in [5.41, 5.74) is 7.48. The van der Waals surface area contributed by atoms with Gasteiger partial charge in [-0.2, -0.15) is 0 Å². The second-order valence-electron chi connectivity index (χ2n) is 5.18. The van der Waals surface area contributed by atoms with E-state index in [-0.39, 0.29) is 17.6 Å². The van der Waals surface area contributed by atoms with E-state index in [1.165, 1.54) is 23.5 Å². The second kappa shape index (κ2) is 6.83. The van der Waals surface area contributed by atoms with E-state index in [9.17, 15) is 9.18 Å². The van der Waals surface area contributed by atoms with Crippen molar-refractivity contribution in [2.75, 3.05) is 13.1 Å². The van der Waals surface area contributed by atoms with Crippen molar-refractivity contribution in [3.8, 4) is 10.4 Å². The lowest BCUT2D eigenvalue weighted by molar-refractivity contribution is 0.0952. The van der Waals surface area contributed by atoms with E-state index in [0.29, 0.717) is 18.0 Å². The Labute approximate surface area is 128 Å². The van der Waals surface area contributed by atoms with Crippen LogP contribution in [0.5, 0.6) is 0 Å². The quantitative estimate of drug-likeness (QED) is 0.891. The first-order chi connectivity index (χ1) is 10.0. The molecule has 1 aromatic carbocycles. The summed E-state index contributed by atoms with van der Waals surface area (Å²) >= 11 is 1.42. The molecule has 1 aromatic heterocycles. The summed E-state index contributed by atoms with van der Waals surface area (Å²) in [6.45, 7) is 5.06. The highest BCUT2D eigenvalue weighted by Crippen LogP contribution is 2.32. The van der Waals surface area contributed by atoms with Crippen LogP contribution in [-0.4, -0.2) is 19.0 Å². The standard InChI is InChI=1S/C16H19FN2OS/c1-10(8-18)9-19-16(20)14-7-11(2)15(21-14)12-3-5-13(17)6-4-12/h3-7,10H,8-9,18H2,1-2H3,(H,19,20). The normalized spacial score (nSPS) is 12.2. The third kappa shape index (κ3) is 3.89. The monoisotopic (exact) mass is 306 g/mol. The Morgan fingerprint density at radius 2 is 2.05 bits per heavy atom. The van der Waals surface area contributed by atoms with Crippen LogP contribution in [0.1, 0.15) is 22.2 Å². The van der Waals surface area contributed by atoms with Crippen LogP contribution >= 0.6 is 11.3 Å². The molecule has 1 heterocycles. The summed E-state index contributed by atoms with van der Waals surface area (Å²) in [4.78, 5) is 13.8. The molecule has 0 radical (unpaired) electrons. The molecule has 0 aliphatic rings. The van der Waals surface area contributed by atoms with Gasteiger partial charge in [-0.15, -0.1) is 11.3 Å². The molecule has 1 unspecified atom stereocenters. The lowest BCUT2D eigenvalue weighted by atomic mass is 10.1. The Bertz CT molecular complexity index is 622. The van der Waals surface area contributed by atoms with E-state index in [2.05, 4.69) is 5.32 Å². The van der Waals surface area contributed by atoms with Gasteiger partial charge in [-0.3, -0.25) is 4.79 Å². The van der Waals surface area contributed by atoms with Crippen molar-refractivity contribution in [1.29, 1.82) is 0 Å². The first kappa shape index (κ1) is 15.7. The zero-order valence-corrected chi connectivity index (χ0v) is 13.0. The van der Waals surface area contributed by atoms with Crippen molar-refractivity contribution in [2.24, 2.45) is 11.7 Å². The highest BCUT2D eigenvalue weighted by molar-refractivity contribution is 7.17. The first-order valence-corrected chi connectivity index (χ1v) is 7.67. The largest absolute Gasteiger partial charge is 0.351 e. The maximum Gasteiger partial charge on any atom is 0.261 e. The maximum atomic E-state index is 13.0. The SMILES string of the molecule is Cc1cc(C(=O)NCC(C)CN)sc1-c1ccc(F)cc1. The van der Waals surface area contributed by atoms with E-state index < -0.39 is 0 Å². The van der Waals surface area contributed by atoms with Gasteiger partial charge < -0.3 is 11.1 Å². The molecule has 0 saturated carbocycles. The number of rotatable bonds is 5. The number of nitrogens with one attached hydrogen (secondary N) is 1. The number of nitrogens with two attached hydrogens (primary N) is 1. The summed E-state index contributed by atoms with van der Waals surface area (Å²) in [6, 6.07) is 8.18. The molecule has 0 spiro atoms. The molecular formula is C16H19FN2OS. The van der Waals surface area contributed by atoms with Crippen molar-refractivity contribution < 1.29 is 9.18 Å².